The van der Waals surface area contributed by atoms with Crippen LogP contribution >= 0.6 is 0 Å². The number of hydrogen-bond acceptors (Lipinski definition) is 5. The van der Waals surface area contributed by atoms with E-state index in [4.69, 9.17) is 5.11 Å². The number of anilines is 2. The number of amides is 2. The number of nitrogens with one attached hydrogen (secondary N) is 2. The molecule has 0 spiro atoms. The third-order valence-corrected chi connectivity index (χ3v) is 5.40. The van der Waals surface area contributed by atoms with Gasteiger partial charge in [-0.25, -0.2) is 4.79 Å². The first-order chi connectivity index (χ1) is 18.5. The Hall–Kier alpha value is -4.62. The van der Waals surface area contributed by atoms with Gasteiger partial charge in [0.25, 0.3) is 0 Å². The summed E-state index contributed by atoms with van der Waals surface area (Å²) < 4.78 is 82.6. The summed E-state index contributed by atoms with van der Waals surface area (Å²) in [4.78, 5) is 40.8. The van der Waals surface area contributed by atoms with Crippen LogP contribution in [0.5, 0.6) is 5.75 Å². The summed E-state index contributed by atoms with van der Waals surface area (Å²) in [7, 11) is 0. The number of carboxylic acid groups (broad SMARTS) is 1. The monoisotopic (exact) mass is 569 g/mol. The molecule has 0 radical (unpaired) electrons. The third-order valence-electron chi connectivity index (χ3n) is 5.40. The van der Waals surface area contributed by atoms with Gasteiger partial charge in [0.2, 0.25) is 5.91 Å². The highest BCUT2D eigenvalue weighted by Gasteiger charge is 2.37. The summed E-state index contributed by atoms with van der Waals surface area (Å²) in [6.45, 7) is 1.58. The number of pyridine rings is 1. The van der Waals surface area contributed by atoms with Crippen LogP contribution in [-0.2, 0) is 11.0 Å². The molecule has 1 heterocycles. The second-order valence-corrected chi connectivity index (χ2v) is 8.60. The van der Waals surface area contributed by atoms with Crippen LogP contribution in [0.1, 0.15) is 33.6 Å². The Morgan fingerprint density at radius 3 is 2.23 bits per heavy atom. The van der Waals surface area contributed by atoms with Crippen molar-refractivity contribution in [2.24, 2.45) is 0 Å². The zero-order chi connectivity index (χ0) is 29.8. The standard InChI is InChI=1S/C26H21F6N3O5/c1-13-6-14(2)33-11-17(13)15-4-3-5-16(7-15)21(36)10-23(37)34-19-8-18(26(30,31)32)22(40-12-25(27,28)29)9-20(19)35-24(38)39/h3-9,11,35H,10,12H2,1-2H3,(H,34,37)(H,38,39). The number of alkyl halides is 6. The van der Waals surface area contributed by atoms with Crippen LogP contribution in [-0.4, -0.2) is 40.7 Å². The zero-order valence-electron chi connectivity index (χ0n) is 20.8. The fourth-order valence-electron chi connectivity index (χ4n) is 3.70. The molecule has 0 aliphatic heterocycles. The second-order valence-electron chi connectivity index (χ2n) is 8.60. The van der Waals surface area contributed by atoms with Gasteiger partial charge in [0.1, 0.15) is 5.75 Å². The van der Waals surface area contributed by atoms with Crippen molar-refractivity contribution in [3.63, 3.8) is 0 Å². The van der Waals surface area contributed by atoms with Crippen LogP contribution < -0.4 is 15.4 Å². The van der Waals surface area contributed by atoms with Crippen molar-refractivity contribution in [3.8, 4) is 16.9 Å². The molecular formula is C26H21F6N3O5. The number of carbonyl (C=O) groups excluding carboxylic acids is 2. The van der Waals surface area contributed by atoms with E-state index in [0.29, 0.717) is 11.6 Å². The maximum Gasteiger partial charge on any atom is 0.422 e. The maximum absolute atomic E-state index is 13.6. The van der Waals surface area contributed by atoms with Crippen molar-refractivity contribution < 1.29 is 50.6 Å². The number of hydrogen-bond donors (Lipinski definition) is 3. The molecular weight excluding hydrogens is 548 g/mol. The minimum Gasteiger partial charge on any atom is -0.483 e. The van der Waals surface area contributed by atoms with Crippen molar-refractivity contribution in [2.45, 2.75) is 32.6 Å². The van der Waals surface area contributed by atoms with Gasteiger partial charge in [0.15, 0.2) is 12.4 Å². The van der Waals surface area contributed by atoms with Crippen LogP contribution in [0.15, 0.2) is 48.7 Å². The normalized spacial score (nSPS) is 11.6. The molecule has 14 heteroatoms. The summed E-state index contributed by atoms with van der Waals surface area (Å²) in [5.74, 6) is -3.12. The molecule has 0 fully saturated rings. The number of halogens is 6. The van der Waals surface area contributed by atoms with Gasteiger partial charge >= 0.3 is 18.4 Å². The van der Waals surface area contributed by atoms with Crippen LogP contribution in [0.4, 0.5) is 42.5 Å². The Morgan fingerprint density at radius 2 is 1.62 bits per heavy atom. The van der Waals surface area contributed by atoms with Gasteiger partial charge in [-0.1, -0.05) is 18.2 Å². The largest absolute Gasteiger partial charge is 0.483 e. The van der Waals surface area contributed by atoms with E-state index >= 15 is 0 Å². The molecule has 3 rings (SSSR count). The Labute approximate surface area is 223 Å². The number of ether oxygens (including phenoxy) is 1. The Morgan fingerprint density at radius 1 is 0.950 bits per heavy atom. The molecule has 0 atom stereocenters. The Bertz CT molecular complexity index is 1450. The average molecular weight is 569 g/mol. The van der Waals surface area contributed by atoms with Gasteiger partial charge in [-0.2, -0.15) is 26.3 Å². The van der Waals surface area contributed by atoms with Crippen LogP contribution in [0.3, 0.4) is 0 Å². The molecule has 3 N–H and O–H groups in total. The molecule has 40 heavy (non-hydrogen) atoms. The minimum atomic E-state index is -5.23. The van der Waals surface area contributed by atoms with E-state index in [1.807, 2.05) is 25.2 Å². The number of nitrogens with zero attached hydrogens (tertiary/aromatic N) is 1. The number of rotatable bonds is 8. The van der Waals surface area contributed by atoms with Gasteiger partial charge < -0.3 is 15.2 Å². The van der Waals surface area contributed by atoms with Crippen molar-refractivity contribution >= 4 is 29.2 Å². The quantitative estimate of drug-likeness (QED) is 0.159. The van der Waals surface area contributed by atoms with Crippen molar-refractivity contribution in [1.82, 2.24) is 4.98 Å². The van der Waals surface area contributed by atoms with Crippen molar-refractivity contribution in [3.05, 3.63) is 71.0 Å². The molecule has 0 bridgehead atoms. The summed E-state index contributed by atoms with van der Waals surface area (Å²) in [5.41, 5.74) is -0.000627. The molecule has 0 aliphatic carbocycles. The summed E-state index contributed by atoms with van der Waals surface area (Å²) in [6, 6.07) is 8.66. The van der Waals surface area contributed by atoms with Gasteiger partial charge in [-0.3, -0.25) is 19.9 Å². The van der Waals surface area contributed by atoms with Gasteiger partial charge in [-0.05, 0) is 43.2 Å². The molecule has 0 aliphatic rings. The van der Waals surface area contributed by atoms with E-state index in [9.17, 15) is 40.7 Å². The van der Waals surface area contributed by atoms with E-state index in [-0.39, 0.29) is 11.6 Å². The molecule has 3 aromatic rings. The Balaban J connectivity index is 1.87. The lowest BCUT2D eigenvalue weighted by atomic mass is 9.98. The lowest BCUT2D eigenvalue weighted by Gasteiger charge is -2.19. The minimum absolute atomic E-state index is 0.114. The molecule has 8 nitrogen and oxygen atoms in total. The number of Topliss-reactive ketones (excluding diaryl/α,β-unsaturated/α-hetero) is 1. The molecule has 0 unspecified atom stereocenters. The summed E-state index contributed by atoms with van der Waals surface area (Å²) in [6.07, 6.45) is -11.2. The first-order valence-corrected chi connectivity index (χ1v) is 11.3. The maximum atomic E-state index is 13.6. The lowest BCUT2D eigenvalue weighted by Crippen LogP contribution is -2.22. The van der Waals surface area contributed by atoms with Crippen molar-refractivity contribution in [1.29, 1.82) is 0 Å². The summed E-state index contributed by atoms with van der Waals surface area (Å²) in [5, 5.41) is 12.7. The molecule has 212 valence electrons. The number of ketones is 1. The predicted octanol–water partition coefficient (Wildman–Crippen LogP) is 6.63. The van der Waals surface area contributed by atoms with E-state index in [1.165, 1.54) is 12.1 Å². The number of aryl methyl sites for hydroxylation is 2. The smallest absolute Gasteiger partial charge is 0.422 e. The lowest BCUT2D eigenvalue weighted by molar-refractivity contribution is -0.158. The molecule has 0 saturated heterocycles. The van der Waals surface area contributed by atoms with Gasteiger partial charge in [-0.15, -0.1) is 0 Å². The van der Waals surface area contributed by atoms with Crippen LogP contribution in [0.2, 0.25) is 0 Å². The van der Waals surface area contributed by atoms with E-state index in [1.54, 1.807) is 23.6 Å². The average Bonchev–Trinajstić information content (AvgIpc) is 2.82. The fraction of sp³-hybridized carbons (Fsp3) is 0.231. The number of carbonyl (C=O) groups is 3. The van der Waals surface area contributed by atoms with Crippen molar-refractivity contribution in [2.75, 3.05) is 17.2 Å². The highest BCUT2D eigenvalue weighted by Crippen LogP contribution is 2.42. The molecule has 2 aromatic carbocycles. The first kappa shape index (κ1) is 29.9. The second kappa shape index (κ2) is 11.6. The van der Waals surface area contributed by atoms with E-state index < -0.39 is 65.9 Å². The number of aromatic nitrogens is 1. The highest BCUT2D eigenvalue weighted by atomic mass is 19.4. The molecule has 0 saturated carbocycles. The van der Waals surface area contributed by atoms with E-state index in [0.717, 1.165) is 16.8 Å². The first-order valence-electron chi connectivity index (χ1n) is 11.3. The van der Waals surface area contributed by atoms with Gasteiger partial charge in [0.05, 0.1) is 23.4 Å². The molecule has 1 aromatic heterocycles. The third kappa shape index (κ3) is 7.94. The van der Waals surface area contributed by atoms with Crippen LogP contribution in [0.25, 0.3) is 11.1 Å². The SMILES string of the molecule is Cc1cc(C)c(-c2cccc(C(=O)CC(=O)Nc3cc(C(F)(F)F)c(OCC(F)(F)F)cc3NC(=O)O)c2)cn1. The molecule has 2 amide bonds. The van der Waals surface area contributed by atoms with Gasteiger partial charge in [0, 0.05) is 29.1 Å². The van der Waals surface area contributed by atoms with E-state index in [2.05, 4.69) is 9.72 Å². The topological polar surface area (TPSA) is 118 Å². The Kier molecular flexibility index (Phi) is 8.71. The number of benzene rings is 2. The zero-order valence-corrected chi connectivity index (χ0v) is 20.8. The van der Waals surface area contributed by atoms with Crippen LogP contribution in [0, 0.1) is 13.8 Å². The fourth-order valence-corrected chi connectivity index (χ4v) is 3.70. The predicted molar refractivity (Wildman–Crippen MR) is 131 cm³/mol. The summed E-state index contributed by atoms with van der Waals surface area (Å²) >= 11 is 0. The highest BCUT2D eigenvalue weighted by molar-refractivity contribution is 6.12.